The van der Waals surface area contributed by atoms with Crippen LogP contribution in [-0.4, -0.2) is 23.8 Å². The van der Waals surface area contributed by atoms with Gasteiger partial charge in [-0.25, -0.2) is 5.43 Å². The van der Waals surface area contributed by atoms with E-state index in [1.807, 2.05) is 18.2 Å². The molecule has 1 aromatic heterocycles. The zero-order valence-corrected chi connectivity index (χ0v) is 17.0. The van der Waals surface area contributed by atoms with Gasteiger partial charge in [0.05, 0.1) is 17.8 Å². The molecule has 1 amide bonds. The number of ether oxygens (including phenoxy) is 1. The van der Waals surface area contributed by atoms with E-state index < -0.39 is 0 Å². The number of amides is 1. The van der Waals surface area contributed by atoms with Crippen molar-refractivity contribution in [2.45, 2.75) is 6.92 Å². The van der Waals surface area contributed by atoms with Crippen molar-refractivity contribution in [1.82, 2.24) is 5.43 Å². The van der Waals surface area contributed by atoms with E-state index >= 15 is 0 Å². The van der Waals surface area contributed by atoms with Crippen molar-refractivity contribution in [3.05, 3.63) is 56.3 Å². The molecule has 2 aromatic carbocycles. The van der Waals surface area contributed by atoms with Crippen LogP contribution in [-0.2, 0) is 0 Å². The second kappa shape index (κ2) is 7.65. The lowest BCUT2D eigenvalue weighted by Gasteiger charge is -2.06. The zero-order valence-electron chi connectivity index (χ0n) is 13.8. The van der Waals surface area contributed by atoms with E-state index in [0.29, 0.717) is 26.9 Å². The molecule has 0 aliphatic carbocycles. The Morgan fingerprint density at radius 2 is 2.08 bits per heavy atom. The molecule has 0 aliphatic rings. The summed E-state index contributed by atoms with van der Waals surface area (Å²) in [5.74, 6) is -0.00442. The number of hydrogen-bond acceptors (Lipinski definition) is 5. The Balaban J connectivity index is 1.84. The standard InChI is InChI=1S/C18H14BrClN2O3S/c1-9(10-3-6-13(23)14(7-10)25-2)21-22-18(24)17-16(20)12-5-4-11(19)8-15(12)26-17/h3-8,23H,1-2H3,(H,22,24)/b21-9-. The maximum Gasteiger partial charge on any atom is 0.283 e. The molecule has 0 unspecified atom stereocenters. The number of carbonyl (C=O) groups is 1. The van der Waals surface area contributed by atoms with Crippen molar-refractivity contribution in [3.8, 4) is 11.5 Å². The third-order valence-electron chi connectivity index (χ3n) is 3.72. The Hall–Kier alpha value is -2.09. The van der Waals surface area contributed by atoms with Gasteiger partial charge >= 0.3 is 0 Å². The molecule has 0 saturated carbocycles. The Morgan fingerprint density at radius 1 is 1.31 bits per heavy atom. The molecular weight excluding hydrogens is 440 g/mol. The molecule has 134 valence electrons. The number of nitrogens with zero attached hydrogens (tertiary/aromatic N) is 1. The molecule has 3 aromatic rings. The molecule has 26 heavy (non-hydrogen) atoms. The molecule has 0 atom stereocenters. The summed E-state index contributed by atoms with van der Waals surface area (Å²) in [6, 6.07) is 10.5. The second-order valence-electron chi connectivity index (χ2n) is 5.41. The Labute approximate surface area is 167 Å². The van der Waals surface area contributed by atoms with E-state index in [9.17, 15) is 9.90 Å². The van der Waals surface area contributed by atoms with Crippen molar-refractivity contribution in [2.75, 3.05) is 7.11 Å². The molecular formula is C18H14BrClN2O3S. The van der Waals surface area contributed by atoms with Gasteiger partial charge in [-0.3, -0.25) is 4.79 Å². The first-order chi connectivity index (χ1) is 12.4. The van der Waals surface area contributed by atoms with Crippen LogP contribution in [0.4, 0.5) is 0 Å². The average Bonchev–Trinajstić information content (AvgIpc) is 2.95. The van der Waals surface area contributed by atoms with Gasteiger partial charge < -0.3 is 9.84 Å². The minimum absolute atomic E-state index is 0.0382. The topological polar surface area (TPSA) is 70.9 Å². The fraction of sp³-hybridized carbons (Fsp3) is 0.111. The van der Waals surface area contributed by atoms with Crippen LogP contribution < -0.4 is 10.2 Å². The average molecular weight is 454 g/mol. The number of methoxy groups -OCH3 is 1. The van der Waals surface area contributed by atoms with E-state index in [4.69, 9.17) is 16.3 Å². The first kappa shape index (κ1) is 18.7. The highest BCUT2D eigenvalue weighted by Crippen LogP contribution is 2.36. The third-order valence-corrected chi connectivity index (χ3v) is 5.87. The molecule has 0 radical (unpaired) electrons. The number of phenols is 1. The van der Waals surface area contributed by atoms with E-state index in [1.165, 1.54) is 24.5 Å². The van der Waals surface area contributed by atoms with Gasteiger partial charge in [0.2, 0.25) is 0 Å². The van der Waals surface area contributed by atoms with Crippen LogP contribution >= 0.6 is 38.9 Å². The third kappa shape index (κ3) is 3.70. The number of benzene rings is 2. The van der Waals surface area contributed by atoms with Crippen LogP contribution in [0.1, 0.15) is 22.2 Å². The summed E-state index contributed by atoms with van der Waals surface area (Å²) in [4.78, 5) is 12.9. The van der Waals surface area contributed by atoms with Crippen LogP contribution in [0.25, 0.3) is 10.1 Å². The van der Waals surface area contributed by atoms with Gasteiger partial charge in [-0.1, -0.05) is 33.6 Å². The van der Waals surface area contributed by atoms with Gasteiger partial charge in [0.15, 0.2) is 11.5 Å². The first-order valence-corrected chi connectivity index (χ1v) is 9.49. The SMILES string of the molecule is COc1cc(/C(C)=N\NC(=O)c2sc3cc(Br)ccc3c2Cl)ccc1O. The summed E-state index contributed by atoms with van der Waals surface area (Å²) in [6.45, 7) is 1.75. The second-order valence-corrected chi connectivity index (χ2v) is 7.76. The summed E-state index contributed by atoms with van der Waals surface area (Å²) >= 11 is 11.0. The summed E-state index contributed by atoms with van der Waals surface area (Å²) in [6.07, 6.45) is 0. The van der Waals surface area contributed by atoms with Gasteiger partial charge in [0.1, 0.15) is 4.88 Å². The fourth-order valence-electron chi connectivity index (χ4n) is 2.34. The lowest BCUT2D eigenvalue weighted by molar-refractivity contribution is 0.0959. The number of hydrazone groups is 1. The Morgan fingerprint density at radius 3 is 2.81 bits per heavy atom. The van der Waals surface area contributed by atoms with Crippen molar-refractivity contribution >= 4 is 60.6 Å². The van der Waals surface area contributed by atoms with E-state index in [2.05, 4.69) is 26.5 Å². The number of phenolic OH excluding ortho intramolecular Hbond substituents is 1. The summed E-state index contributed by atoms with van der Waals surface area (Å²) < 4.78 is 6.91. The van der Waals surface area contributed by atoms with Crippen LogP contribution in [0.3, 0.4) is 0 Å². The summed E-state index contributed by atoms with van der Waals surface area (Å²) in [5, 5.41) is 15.0. The smallest absolute Gasteiger partial charge is 0.283 e. The highest BCUT2D eigenvalue weighted by atomic mass is 79.9. The number of hydrogen-bond donors (Lipinski definition) is 2. The molecule has 8 heteroatoms. The van der Waals surface area contributed by atoms with Gasteiger partial charge in [0, 0.05) is 20.1 Å². The molecule has 5 nitrogen and oxygen atoms in total. The van der Waals surface area contributed by atoms with Gasteiger partial charge in [-0.2, -0.15) is 5.10 Å². The lowest BCUT2D eigenvalue weighted by atomic mass is 10.1. The normalized spacial score (nSPS) is 11.6. The fourth-order valence-corrected chi connectivity index (χ4v) is 4.30. The largest absolute Gasteiger partial charge is 0.504 e. The highest BCUT2D eigenvalue weighted by molar-refractivity contribution is 9.10. The summed E-state index contributed by atoms with van der Waals surface area (Å²) in [7, 11) is 1.47. The zero-order chi connectivity index (χ0) is 18.8. The van der Waals surface area contributed by atoms with Gasteiger partial charge in [-0.05, 0) is 37.3 Å². The number of carbonyl (C=O) groups excluding carboxylic acids is 1. The molecule has 2 N–H and O–H groups in total. The monoisotopic (exact) mass is 452 g/mol. The molecule has 0 aliphatic heterocycles. The quantitative estimate of drug-likeness (QED) is 0.422. The maximum absolute atomic E-state index is 12.5. The lowest BCUT2D eigenvalue weighted by Crippen LogP contribution is -2.18. The molecule has 1 heterocycles. The Bertz CT molecular complexity index is 1030. The highest BCUT2D eigenvalue weighted by Gasteiger charge is 2.17. The maximum atomic E-state index is 12.5. The number of thiophene rings is 1. The number of rotatable bonds is 4. The molecule has 3 rings (SSSR count). The number of aromatic hydroxyl groups is 1. The van der Waals surface area contributed by atoms with E-state index in [-0.39, 0.29) is 11.7 Å². The molecule has 0 bridgehead atoms. The number of nitrogens with one attached hydrogen (secondary N) is 1. The van der Waals surface area contributed by atoms with Crippen molar-refractivity contribution in [2.24, 2.45) is 5.10 Å². The molecule has 0 spiro atoms. The van der Waals surface area contributed by atoms with Crippen molar-refractivity contribution in [3.63, 3.8) is 0 Å². The van der Waals surface area contributed by atoms with Crippen LogP contribution in [0.2, 0.25) is 5.02 Å². The van der Waals surface area contributed by atoms with Gasteiger partial charge in [0.25, 0.3) is 5.91 Å². The first-order valence-electron chi connectivity index (χ1n) is 7.50. The minimum Gasteiger partial charge on any atom is -0.504 e. The van der Waals surface area contributed by atoms with Crippen LogP contribution in [0.15, 0.2) is 46.0 Å². The molecule has 0 saturated heterocycles. The predicted octanol–water partition coefficient (Wildman–Crippen LogP) is 5.19. The van der Waals surface area contributed by atoms with Crippen LogP contribution in [0, 0.1) is 0 Å². The minimum atomic E-state index is -0.377. The van der Waals surface area contributed by atoms with Gasteiger partial charge in [-0.15, -0.1) is 11.3 Å². The van der Waals surface area contributed by atoms with E-state index in [0.717, 1.165) is 14.6 Å². The molecule has 0 fully saturated rings. The van der Waals surface area contributed by atoms with Crippen molar-refractivity contribution < 1.29 is 14.6 Å². The number of halogens is 2. The summed E-state index contributed by atoms with van der Waals surface area (Å²) in [5.41, 5.74) is 3.81. The Kier molecular flexibility index (Phi) is 5.50. The number of fused-ring (bicyclic) bond motifs is 1. The van der Waals surface area contributed by atoms with Crippen LogP contribution in [0.5, 0.6) is 11.5 Å². The van der Waals surface area contributed by atoms with E-state index in [1.54, 1.807) is 19.1 Å². The predicted molar refractivity (Wildman–Crippen MR) is 109 cm³/mol. The van der Waals surface area contributed by atoms with Crippen molar-refractivity contribution in [1.29, 1.82) is 0 Å².